The van der Waals surface area contributed by atoms with Crippen LogP contribution in [0, 0.1) is 0 Å². The number of rotatable bonds is 5. The number of ether oxygens (including phenoxy) is 1. The molecule has 26 heavy (non-hydrogen) atoms. The van der Waals surface area contributed by atoms with E-state index in [1.165, 1.54) is 6.20 Å². The molecule has 3 rings (SSSR count). The number of benzene rings is 1. The van der Waals surface area contributed by atoms with Gasteiger partial charge in [0.15, 0.2) is 5.82 Å². The summed E-state index contributed by atoms with van der Waals surface area (Å²) >= 11 is 11.9. The van der Waals surface area contributed by atoms with Gasteiger partial charge >= 0.3 is 0 Å². The summed E-state index contributed by atoms with van der Waals surface area (Å²) in [4.78, 5) is 12.0. The first-order valence-corrected chi connectivity index (χ1v) is 8.32. The first-order valence-electron chi connectivity index (χ1n) is 7.57. The molecule has 3 aromatic rings. The van der Waals surface area contributed by atoms with Crippen LogP contribution in [0.3, 0.4) is 0 Å². The third-order valence-corrected chi connectivity index (χ3v) is 3.90. The monoisotopic (exact) mass is 387 g/mol. The zero-order valence-corrected chi connectivity index (χ0v) is 15.3. The van der Waals surface area contributed by atoms with Crippen molar-refractivity contribution in [3.8, 4) is 5.75 Å². The van der Waals surface area contributed by atoms with Crippen LogP contribution in [-0.2, 0) is 0 Å². The summed E-state index contributed by atoms with van der Waals surface area (Å²) in [5.41, 5.74) is 8.87. The van der Waals surface area contributed by atoms with Gasteiger partial charge in [-0.15, -0.1) is 0 Å². The van der Waals surface area contributed by atoms with Crippen molar-refractivity contribution in [2.75, 3.05) is 18.2 Å². The Hall–Kier alpha value is -2.83. The van der Waals surface area contributed by atoms with Crippen molar-refractivity contribution in [2.45, 2.75) is 0 Å². The number of halogens is 2. The summed E-state index contributed by atoms with van der Waals surface area (Å²) in [6, 6.07) is 7.43. The maximum absolute atomic E-state index is 6.10. The van der Waals surface area contributed by atoms with Crippen LogP contribution in [0.5, 0.6) is 5.75 Å². The van der Waals surface area contributed by atoms with E-state index in [1.807, 2.05) is 36.4 Å². The second-order valence-electron chi connectivity index (χ2n) is 5.30. The normalized spacial score (nSPS) is 10.9. The molecule has 0 unspecified atom stereocenters. The fourth-order valence-electron chi connectivity index (χ4n) is 2.27. The Kier molecular flexibility index (Phi) is 5.55. The molecule has 132 valence electrons. The molecule has 8 heteroatoms. The third kappa shape index (κ3) is 4.41. The molecule has 6 nitrogen and oxygen atoms in total. The predicted molar refractivity (Wildman–Crippen MR) is 106 cm³/mol. The van der Waals surface area contributed by atoms with Crippen LogP contribution in [0.4, 0.5) is 17.2 Å². The predicted octanol–water partition coefficient (Wildman–Crippen LogP) is 4.68. The highest BCUT2D eigenvalue weighted by molar-refractivity contribution is 6.33. The molecule has 0 radical (unpaired) electrons. The van der Waals surface area contributed by atoms with E-state index in [1.54, 1.807) is 19.5 Å². The van der Waals surface area contributed by atoms with Gasteiger partial charge in [-0.1, -0.05) is 23.8 Å². The molecule has 0 atom stereocenters. The van der Waals surface area contributed by atoms with Gasteiger partial charge in [-0.25, -0.2) is 4.98 Å². The summed E-state index contributed by atoms with van der Waals surface area (Å²) in [7, 11) is 1.61. The molecule has 1 aromatic carbocycles. The lowest BCUT2D eigenvalue weighted by molar-refractivity contribution is 0.414. The van der Waals surface area contributed by atoms with Crippen LogP contribution >= 0.6 is 23.2 Å². The first kappa shape index (κ1) is 18.0. The minimum atomic E-state index is 0.111. The molecule has 2 aromatic heterocycles. The second kappa shape index (κ2) is 8.03. The fourth-order valence-corrected chi connectivity index (χ4v) is 2.54. The van der Waals surface area contributed by atoms with Crippen LogP contribution in [0.2, 0.25) is 10.3 Å². The number of aromatic nitrogens is 3. The topological polar surface area (TPSA) is 86.0 Å². The van der Waals surface area contributed by atoms with Gasteiger partial charge in [-0.2, -0.15) is 4.98 Å². The molecule has 0 amide bonds. The van der Waals surface area contributed by atoms with Crippen LogP contribution in [-0.4, -0.2) is 22.1 Å². The first-order chi connectivity index (χ1) is 12.5. The van der Waals surface area contributed by atoms with E-state index in [0.29, 0.717) is 16.5 Å². The zero-order chi connectivity index (χ0) is 18.5. The number of nitrogen functional groups attached to an aromatic ring is 1. The molecule has 0 aliphatic heterocycles. The average Bonchev–Trinajstić information content (AvgIpc) is 2.63. The molecular weight excluding hydrogens is 373 g/mol. The standard InChI is InChI=1S/C18H15Cl2N5O/c1-26-16-5-4-14(24-17-15(19)10-23-18(20)25-17)7-12(16)3-2-11-6-13(21)9-22-8-11/h2-10H,21H2,1H3,(H,23,24,25)/b3-2-. The Morgan fingerprint density at radius 1 is 1.12 bits per heavy atom. The number of nitrogens with zero attached hydrogens (tertiary/aromatic N) is 3. The number of hydrogen-bond donors (Lipinski definition) is 2. The molecular formula is C18H15Cl2N5O. The summed E-state index contributed by atoms with van der Waals surface area (Å²) in [6.45, 7) is 0. The molecule has 3 N–H and O–H groups in total. The lowest BCUT2D eigenvalue weighted by Gasteiger charge is -2.11. The van der Waals surface area contributed by atoms with Crippen molar-refractivity contribution in [1.29, 1.82) is 0 Å². The van der Waals surface area contributed by atoms with E-state index in [-0.39, 0.29) is 5.28 Å². The number of pyridine rings is 1. The van der Waals surface area contributed by atoms with Gasteiger partial charge < -0.3 is 15.8 Å². The molecule has 0 bridgehead atoms. The second-order valence-corrected chi connectivity index (χ2v) is 6.05. The highest BCUT2D eigenvalue weighted by Crippen LogP contribution is 2.29. The molecule has 0 aliphatic carbocycles. The smallest absolute Gasteiger partial charge is 0.224 e. The lowest BCUT2D eigenvalue weighted by Crippen LogP contribution is -1.97. The molecule has 0 aliphatic rings. The van der Waals surface area contributed by atoms with Crippen LogP contribution < -0.4 is 15.8 Å². The number of nitrogens with one attached hydrogen (secondary N) is 1. The van der Waals surface area contributed by atoms with E-state index in [0.717, 1.165) is 22.6 Å². The van der Waals surface area contributed by atoms with E-state index < -0.39 is 0 Å². The Morgan fingerprint density at radius 3 is 2.73 bits per heavy atom. The van der Waals surface area contributed by atoms with Crippen LogP contribution in [0.1, 0.15) is 11.1 Å². The molecule has 0 spiro atoms. The van der Waals surface area contributed by atoms with Crippen molar-refractivity contribution in [2.24, 2.45) is 0 Å². The van der Waals surface area contributed by atoms with Gasteiger partial charge in [0.05, 0.1) is 19.0 Å². The van der Waals surface area contributed by atoms with E-state index in [9.17, 15) is 0 Å². The Morgan fingerprint density at radius 2 is 1.96 bits per heavy atom. The fraction of sp³-hybridized carbons (Fsp3) is 0.0556. The largest absolute Gasteiger partial charge is 0.496 e. The SMILES string of the molecule is COc1ccc(Nc2nc(Cl)ncc2Cl)cc1/C=C\c1cncc(N)c1. The number of nitrogens with two attached hydrogens (primary N) is 1. The van der Waals surface area contributed by atoms with Crippen molar-refractivity contribution >= 4 is 52.5 Å². The van der Waals surface area contributed by atoms with Gasteiger partial charge in [0, 0.05) is 23.6 Å². The Labute approximate surface area is 160 Å². The minimum Gasteiger partial charge on any atom is -0.496 e. The van der Waals surface area contributed by atoms with Crippen molar-refractivity contribution < 1.29 is 4.74 Å². The van der Waals surface area contributed by atoms with Gasteiger partial charge in [-0.05, 0) is 41.4 Å². The maximum atomic E-state index is 6.10. The highest BCUT2D eigenvalue weighted by atomic mass is 35.5. The van der Waals surface area contributed by atoms with E-state index in [2.05, 4.69) is 20.3 Å². The van der Waals surface area contributed by atoms with Gasteiger partial charge in [0.2, 0.25) is 5.28 Å². The molecule has 0 fully saturated rings. The minimum absolute atomic E-state index is 0.111. The van der Waals surface area contributed by atoms with Crippen LogP contribution in [0.15, 0.2) is 42.9 Å². The number of hydrogen-bond acceptors (Lipinski definition) is 6. The Bertz CT molecular complexity index is 962. The highest BCUT2D eigenvalue weighted by Gasteiger charge is 2.07. The van der Waals surface area contributed by atoms with E-state index >= 15 is 0 Å². The summed E-state index contributed by atoms with van der Waals surface area (Å²) < 4.78 is 5.41. The average molecular weight is 388 g/mol. The summed E-state index contributed by atoms with van der Waals surface area (Å²) in [5.74, 6) is 1.14. The zero-order valence-electron chi connectivity index (χ0n) is 13.8. The maximum Gasteiger partial charge on any atom is 0.224 e. The van der Waals surface area contributed by atoms with Gasteiger partial charge in [0.1, 0.15) is 10.8 Å². The third-order valence-electron chi connectivity index (χ3n) is 3.44. The summed E-state index contributed by atoms with van der Waals surface area (Å²) in [6.07, 6.45) is 8.58. The molecule has 0 saturated carbocycles. The van der Waals surface area contributed by atoms with Gasteiger partial charge in [-0.3, -0.25) is 4.98 Å². The van der Waals surface area contributed by atoms with E-state index in [4.69, 9.17) is 33.7 Å². The molecule has 0 saturated heterocycles. The van der Waals surface area contributed by atoms with Gasteiger partial charge in [0.25, 0.3) is 0 Å². The summed E-state index contributed by atoms with van der Waals surface area (Å²) in [5, 5.41) is 3.60. The quantitative estimate of drug-likeness (QED) is 0.617. The lowest BCUT2D eigenvalue weighted by atomic mass is 10.1. The molecule has 2 heterocycles. The number of methoxy groups -OCH3 is 1. The van der Waals surface area contributed by atoms with Crippen molar-refractivity contribution in [3.05, 3.63) is 64.3 Å². The van der Waals surface area contributed by atoms with Crippen molar-refractivity contribution in [1.82, 2.24) is 15.0 Å². The van der Waals surface area contributed by atoms with Crippen molar-refractivity contribution in [3.63, 3.8) is 0 Å². The van der Waals surface area contributed by atoms with Crippen LogP contribution in [0.25, 0.3) is 12.2 Å². The Balaban J connectivity index is 1.90. The number of anilines is 3.